The first kappa shape index (κ1) is 15.8. The third-order valence-electron chi connectivity index (χ3n) is 3.88. The van der Waals surface area contributed by atoms with E-state index in [1.54, 1.807) is 31.2 Å². The van der Waals surface area contributed by atoms with Gasteiger partial charge in [-0.25, -0.2) is 0 Å². The fourth-order valence-corrected chi connectivity index (χ4v) is 2.75. The van der Waals surface area contributed by atoms with Gasteiger partial charge in [0.25, 0.3) is 0 Å². The zero-order chi connectivity index (χ0) is 15.5. The standard InChI is InChI=1S/C15H20ClN3O2/c1-15(14(17)21,10-4-2-5-11(16)8-10)19-13(20)9-12-6-3-7-18-12/h2,4-5,8,12,18H,3,6-7,9H2,1H3,(H2,17,21)(H,19,20). The molecule has 1 aliphatic heterocycles. The van der Waals surface area contributed by atoms with Gasteiger partial charge in [0.1, 0.15) is 5.54 Å². The molecule has 114 valence electrons. The van der Waals surface area contributed by atoms with E-state index in [1.807, 2.05) is 0 Å². The molecule has 1 heterocycles. The van der Waals surface area contributed by atoms with E-state index in [1.165, 1.54) is 0 Å². The summed E-state index contributed by atoms with van der Waals surface area (Å²) in [5, 5.41) is 6.50. The lowest BCUT2D eigenvalue weighted by Crippen LogP contribution is -2.53. The molecule has 5 nitrogen and oxygen atoms in total. The Morgan fingerprint density at radius 1 is 1.52 bits per heavy atom. The minimum absolute atomic E-state index is 0.168. The lowest BCUT2D eigenvalue weighted by molar-refractivity contribution is -0.131. The first-order chi connectivity index (χ1) is 9.91. The Bertz CT molecular complexity index is 543. The van der Waals surface area contributed by atoms with Crippen LogP contribution in [-0.2, 0) is 15.1 Å². The van der Waals surface area contributed by atoms with Gasteiger partial charge in [-0.1, -0.05) is 23.7 Å². The van der Waals surface area contributed by atoms with Gasteiger partial charge in [0.05, 0.1) is 0 Å². The van der Waals surface area contributed by atoms with Crippen LogP contribution >= 0.6 is 11.6 Å². The number of hydrogen-bond donors (Lipinski definition) is 3. The predicted octanol–water partition coefficient (Wildman–Crippen LogP) is 1.30. The number of halogens is 1. The number of primary amides is 1. The Kier molecular flexibility index (Phi) is 4.85. The minimum atomic E-state index is -1.26. The average molecular weight is 310 g/mol. The quantitative estimate of drug-likeness (QED) is 0.766. The van der Waals surface area contributed by atoms with Crippen LogP contribution in [0.4, 0.5) is 0 Å². The van der Waals surface area contributed by atoms with Gasteiger partial charge in [0.2, 0.25) is 11.8 Å². The maximum Gasteiger partial charge on any atom is 0.247 e. The molecular weight excluding hydrogens is 290 g/mol. The van der Waals surface area contributed by atoms with Crippen LogP contribution in [0.3, 0.4) is 0 Å². The van der Waals surface area contributed by atoms with Crippen molar-refractivity contribution in [2.75, 3.05) is 6.54 Å². The Balaban J connectivity index is 2.14. The highest BCUT2D eigenvalue weighted by atomic mass is 35.5. The van der Waals surface area contributed by atoms with Gasteiger partial charge in [-0.05, 0) is 44.0 Å². The highest BCUT2D eigenvalue weighted by molar-refractivity contribution is 6.30. The molecule has 2 rings (SSSR count). The van der Waals surface area contributed by atoms with Crippen molar-refractivity contribution >= 4 is 23.4 Å². The summed E-state index contributed by atoms with van der Waals surface area (Å²) in [5.41, 5.74) is 4.81. The number of nitrogens with two attached hydrogens (primary N) is 1. The van der Waals surface area contributed by atoms with Crippen LogP contribution in [0.5, 0.6) is 0 Å². The van der Waals surface area contributed by atoms with E-state index in [4.69, 9.17) is 17.3 Å². The van der Waals surface area contributed by atoms with Gasteiger partial charge in [-0.15, -0.1) is 0 Å². The topological polar surface area (TPSA) is 84.2 Å². The van der Waals surface area contributed by atoms with Crippen LogP contribution in [0.15, 0.2) is 24.3 Å². The van der Waals surface area contributed by atoms with E-state index >= 15 is 0 Å². The SMILES string of the molecule is CC(NC(=O)CC1CCCN1)(C(N)=O)c1cccc(Cl)c1. The van der Waals surface area contributed by atoms with E-state index in [9.17, 15) is 9.59 Å². The smallest absolute Gasteiger partial charge is 0.247 e. The van der Waals surface area contributed by atoms with Crippen LogP contribution in [0, 0.1) is 0 Å². The fraction of sp³-hybridized carbons (Fsp3) is 0.467. The van der Waals surface area contributed by atoms with Crippen molar-refractivity contribution in [3.05, 3.63) is 34.9 Å². The van der Waals surface area contributed by atoms with Crippen LogP contribution in [0.25, 0.3) is 0 Å². The summed E-state index contributed by atoms with van der Waals surface area (Å²) in [6.45, 7) is 2.53. The maximum atomic E-state index is 12.2. The van der Waals surface area contributed by atoms with Crippen LogP contribution < -0.4 is 16.4 Å². The second kappa shape index (κ2) is 6.45. The Labute approximate surface area is 129 Å². The zero-order valence-corrected chi connectivity index (χ0v) is 12.7. The number of carbonyl (C=O) groups is 2. The number of nitrogens with one attached hydrogen (secondary N) is 2. The molecule has 0 bridgehead atoms. The summed E-state index contributed by atoms with van der Waals surface area (Å²) in [4.78, 5) is 24.0. The second-order valence-electron chi connectivity index (χ2n) is 5.55. The highest BCUT2D eigenvalue weighted by Gasteiger charge is 2.35. The number of benzene rings is 1. The minimum Gasteiger partial charge on any atom is -0.367 e. The predicted molar refractivity (Wildman–Crippen MR) is 81.8 cm³/mol. The molecule has 1 fully saturated rings. The molecule has 0 saturated carbocycles. The van der Waals surface area contributed by atoms with Crippen molar-refractivity contribution in [1.29, 1.82) is 0 Å². The molecule has 1 aromatic rings. The molecule has 1 aromatic carbocycles. The van der Waals surface area contributed by atoms with Gasteiger partial charge >= 0.3 is 0 Å². The first-order valence-electron chi connectivity index (χ1n) is 7.02. The van der Waals surface area contributed by atoms with Crippen molar-refractivity contribution in [3.8, 4) is 0 Å². The summed E-state index contributed by atoms with van der Waals surface area (Å²) in [7, 11) is 0. The molecule has 2 atom stereocenters. The van der Waals surface area contributed by atoms with E-state index in [0.717, 1.165) is 19.4 Å². The Hall–Kier alpha value is -1.59. The van der Waals surface area contributed by atoms with Gasteiger partial charge in [-0.3, -0.25) is 9.59 Å². The van der Waals surface area contributed by atoms with Crippen LogP contribution in [0.2, 0.25) is 5.02 Å². The largest absolute Gasteiger partial charge is 0.367 e. The summed E-state index contributed by atoms with van der Waals surface area (Å²) in [6.07, 6.45) is 2.38. The third kappa shape index (κ3) is 3.74. The number of carbonyl (C=O) groups excluding carboxylic acids is 2. The number of amides is 2. The second-order valence-corrected chi connectivity index (χ2v) is 5.98. The normalized spacial score (nSPS) is 20.8. The van der Waals surface area contributed by atoms with Crippen molar-refractivity contribution in [2.24, 2.45) is 5.73 Å². The van der Waals surface area contributed by atoms with Crippen molar-refractivity contribution in [1.82, 2.24) is 10.6 Å². The van der Waals surface area contributed by atoms with Crippen molar-refractivity contribution in [3.63, 3.8) is 0 Å². The lowest BCUT2D eigenvalue weighted by atomic mass is 9.90. The average Bonchev–Trinajstić information content (AvgIpc) is 2.91. The first-order valence-corrected chi connectivity index (χ1v) is 7.40. The van der Waals surface area contributed by atoms with E-state index in [-0.39, 0.29) is 11.9 Å². The van der Waals surface area contributed by atoms with E-state index in [0.29, 0.717) is 17.0 Å². The Morgan fingerprint density at radius 2 is 2.29 bits per heavy atom. The van der Waals surface area contributed by atoms with Crippen LogP contribution in [0.1, 0.15) is 31.7 Å². The summed E-state index contributed by atoms with van der Waals surface area (Å²) >= 11 is 5.95. The highest BCUT2D eigenvalue weighted by Crippen LogP contribution is 2.24. The van der Waals surface area contributed by atoms with Gasteiger partial charge in [0, 0.05) is 17.5 Å². The van der Waals surface area contributed by atoms with Crippen molar-refractivity contribution in [2.45, 2.75) is 37.8 Å². The fourth-order valence-electron chi connectivity index (χ4n) is 2.56. The molecule has 6 heteroatoms. The number of rotatable bonds is 5. The van der Waals surface area contributed by atoms with E-state index < -0.39 is 11.4 Å². The van der Waals surface area contributed by atoms with Gasteiger partial charge in [-0.2, -0.15) is 0 Å². The molecule has 2 amide bonds. The summed E-state index contributed by atoms with van der Waals surface area (Å²) in [6, 6.07) is 6.97. The molecule has 0 aliphatic carbocycles. The molecule has 2 unspecified atom stereocenters. The molecule has 0 spiro atoms. The Morgan fingerprint density at radius 3 is 2.86 bits per heavy atom. The van der Waals surface area contributed by atoms with E-state index in [2.05, 4.69) is 10.6 Å². The molecule has 1 aliphatic rings. The number of hydrogen-bond acceptors (Lipinski definition) is 3. The summed E-state index contributed by atoms with van der Waals surface area (Å²) < 4.78 is 0. The monoisotopic (exact) mass is 309 g/mol. The third-order valence-corrected chi connectivity index (χ3v) is 4.11. The van der Waals surface area contributed by atoms with Gasteiger partial charge in [0.15, 0.2) is 0 Å². The zero-order valence-electron chi connectivity index (χ0n) is 12.0. The molecule has 0 radical (unpaired) electrons. The molecular formula is C15H20ClN3O2. The van der Waals surface area contributed by atoms with Crippen LogP contribution in [-0.4, -0.2) is 24.4 Å². The molecule has 21 heavy (non-hydrogen) atoms. The lowest BCUT2D eigenvalue weighted by Gasteiger charge is -2.28. The summed E-state index contributed by atoms with van der Waals surface area (Å²) in [5.74, 6) is -0.812. The van der Waals surface area contributed by atoms with Crippen molar-refractivity contribution < 1.29 is 9.59 Å². The molecule has 4 N–H and O–H groups in total. The molecule has 1 saturated heterocycles. The van der Waals surface area contributed by atoms with Gasteiger partial charge < -0.3 is 16.4 Å². The molecule has 0 aromatic heterocycles. The maximum absolute atomic E-state index is 12.2.